The predicted octanol–water partition coefficient (Wildman–Crippen LogP) is 5.61. The summed E-state index contributed by atoms with van der Waals surface area (Å²) < 4.78 is 13.8. The topological polar surface area (TPSA) is 78.5 Å². The fourth-order valence-electron chi connectivity index (χ4n) is 4.58. The minimum absolute atomic E-state index is 0.0468. The zero-order valence-corrected chi connectivity index (χ0v) is 21.0. The van der Waals surface area contributed by atoms with Gasteiger partial charge in [-0.25, -0.2) is 4.39 Å². The Balaban J connectivity index is 1.73. The number of thiophene rings is 1. The van der Waals surface area contributed by atoms with Gasteiger partial charge in [0.25, 0.3) is 0 Å². The van der Waals surface area contributed by atoms with Gasteiger partial charge in [0.1, 0.15) is 11.9 Å². The van der Waals surface area contributed by atoms with E-state index in [9.17, 15) is 18.8 Å². The SMILES string of the molecule is CC(=O)Nc1ccc(N(C(=O)Cc2cccs2)C(C(=O)NC2CCCCC2)c2ccc(F)cc2)cc1. The molecule has 1 atom stereocenters. The Morgan fingerprint density at radius 2 is 1.69 bits per heavy atom. The van der Waals surface area contributed by atoms with E-state index in [0.717, 1.165) is 37.0 Å². The molecule has 0 spiro atoms. The minimum atomic E-state index is -0.980. The van der Waals surface area contributed by atoms with E-state index >= 15 is 0 Å². The van der Waals surface area contributed by atoms with Gasteiger partial charge >= 0.3 is 0 Å². The average Bonchev–Trinajstić information content (AvgIpc) is 3.37. The second-order valence-electron chi connectivity index (χ2n) is 9.05. The first kappa shape index (κ1) is 25.6. The standard InChI is InChI=1S/C28H30FN3O3S/c1-19(33)30-23-13-15-24(16-14-23)32(26(34)18-25-8-5-17-36-25)27(20-9-11-21(29)12-10-20)28(35)31-22-6-3-2-4-7-22/h5,8-17,22,27H,2-4,6-7,18H2,1H3,(H,30,33)(H,31,35). The largest absolute Gasteiger partial charge is 0.351 e. The summed E-state index contributed by atoms with van der Waals surface area (Å²) in [7, 11) is 0. The number of hydrogen-bond donors (Lipinski definition) is 2. The number of amides is 3. The molecule has 3 amide bonds. The molecule has 1 aliphatic carbocycles. The highest BCUT2D eigenvalue weighted by Crippen LogP contribution is 2.31. The van der Waals surface area contributed by atoms with E-state index in [1.165, 1.54) is 35.3 Å². The van der Waals surface area contributed by atoms with Gasteiger partial charge < -0.3 is 10.6 Å². The number of rotatable bonds is 8. The van der Waals surface area contributed by atoms with Gasteiger partial charge in [-0.05, 0) is 66.2 Å². The van der Waals surface area contributed by atoms with Gasteiger partial charge in [-0.15, -0.1) is 11.3 Å². The van der Waals surface area contributed by atoms with Crippen molar-refractivity contribution in [3.05, 3.63) is 82.3 Å². The van der Waals surface area contributed by atoms with E-state index in [0.29, 0.717) is 16.9 Å². The normalized spacial score (nSPS) is 14.6. The maximum absolute atomic E-state index is 13.8. The summed E-state index contributed by atoms with van der Waals surface area (Å²) in [5.74, 6) is -1.16. The molecule has 3 aromatic rings. The molecular formula is C28H30FN3O3S. The van der Waals surface area contributed by atoms with Crippen LogP contribution in [-0.2, 0) is 20.8 Å². The highest BCUT2D eigenvalue weighted by Gasteiger charge is 2.34. The highest BCUT2D eigenvalue weighted by molar-refractivity contribution is 7.10. The molecule has 0 radical (unpaired) electrons. The summed E-state index contributed by atoms with van der Waals surface area (Å²) in [6, 6.07) is 15.4. The molecule has 0 bridgehead atoms. The third-order valence-corrected chi connectivity index (χ3v) is 7.16. The number of carbonyl (C=O) groups excluding carboxylic acids is 3. The minimum Gasteiger partial charge on any atom is -0.351 e. The van der Waals surface area contributed by atoms with Gasteiger partial charge in [0, 0.05) is 29.2 Å². The summed E-state index contributed by atoms with van der Waals surface area (Å²) in [4.78, 5) is 41.4. The van der Waals surface area contributed by atoms with Crippen molar-refractivity contribution in [2.45, 2.75) is 57.5 Å². The molecule has 8 heteroatoms. The van der Waals surface area contributed by atoms with E-state index in [4.69, 9.17) is 0 Å². The second-order valence-corrected chi connectivity index (χ2v) is 10.1. The Hall–Kier alpha value is -3.52. The number of anilines is 2. The van der Waals surface area contributed by atoms with Crippen molar-refractivity contribution in [2.75, 3.05) is 10.2 Å². The van der Waals surface area contributed by atoms with Crippen molar-refractivity contribution in [3.63, 3.8) is 0 Å². The molecule has 1 fully saturated rings. The predicted molar refractivity (Wildman–Crippen MR) is 140 cm³/mol. The molecule has 1 heterocycles. The van der Waals surface area contributed by atoms with Crippen molar-refractivity contribution >= 4 is 40.4 Å². The maximum atomic E-state index is 13.8. The highest BCUT2D eigenvalue weighted by atomic mass is 32.1. The van der Waals surface area contributed by atoms with Crippen LogP contribution in [0.4, 0.5) is 15.8 Å². The van der Waals surface area contributed by atoms with Crippen molar-refractivity contribution < 1.29 is 18.8 Å². The smallest absolute Gasteiger partial charge is 0.248 e. The number of nitrogens with one attached hydrogen (secondary N) is 2. The lowest BCUT2D eigenvalue weighted by atomic mass is 9.94. The number of benzene rings is 2. The second kappa shape index (κ2) is 11.9. The van der Waals surface area contributed by atoms with Gasteiger partial charge in [0.15, 0.2) is 0 Å². The fourth-order valence-corrected chi connectivity index (χ4v) is 5.28. The van der Waals surface area contributed by atoms with Gasteiger partial charge in [-0.1, -0.05) is 37.5 Å². The fraction of sp³-hybridized carbons (Fsp3) is 0.321. The van der Waals surface area contributed by atoms with Crippen LogP contribution in [0, 0.1) is 5.82 Å². The molecule has 6 nitrogen and oxygen atoms in total. The van der Waals surface area contributed by atoms with E-state index in [-0.39, 0.29) is 30.2 Å². The summed E-state index contributed by atoms with van der Waals surface area (Å²) >= 11 is 1.47. The van der Waals surface area contributed by atoms with Crippen LogP contribution in [0.3, 0.4) is 0 Å². The molecule has 2 aromatic carbocycles. The van der Waals surface area contributed by atoms with Crippen LogP contribution in [0.25, 0.3) is 0 Å². The first-order valence-electron chi connectivity index (χ1n) is 12.2. The summed E-state index contributed by atoms with van der Waals surface area (Å²) in [6.07, 6.45) is 5.18. The maximum Gasteiger partial charge on any atom is 0.248 e. The molecule has 2 N–H and O–H groups in total. The summed E-state index contributed by atoms with van der Waals surface area (Å²) in [6.45, 7) is 1.42. The molecule has 1 unspecified atom stereocenters. The zero-order chi connectivity index (χ0) is 25.5. The lowest BCUT2D eigenvalue weighted by molar-refractivity contribution is -0.127. The van der Waals surface area contributed by atoms with Gasteiger partial charge in [0.05, 0.1) is 6.42 Å². The van der Waals surface area contributed by atoms with Crippen molar-refractivity contribution in [1.82, 2.24) is 5.32 Å². The zero-order valence-electron chi connectivity index (χ0n) is 20.2. The van der Waals surface area contributed by atoms with E-state index in [2.05, 4.69) is 10.6 Å². The van der Waals surface area contributed by atoms with E-state index in [1.54, 1.807) is 36.4 Å². The Kier molecular flexibility index (Phi) is 8.48. The average molecular weight is 508 g/mol. The van der Waals surface area contributed by atoms with Crippen molar-refractivity contribution in [3.8, 4) is 0 Å². The first-order valence-corrected chi connectivity index (χ1v) is 13.1. The Bertz CT molecular complexity index is 1170. The third kappa shape index (κ3) is 6.57. The van der Waals surface area contributed by atoms with E-state index < -0.39 is 11.9 Å². The first-order chi connectivity index (χ1) is 17.4. The van der Waals surface area contributed by atoms with E-state index in [1.807, 2.05) is 17.5 Å². The molecule has 1 saturated carbocycles. The number of carbonyl (C=O) groups is 3. The van der Waals surface area contributed by atoms with Crippen LogP contribution in [0.2, 0.25) is 0 Å². The number of halogens is 1. The molecule has 1 aromatic heterocycles. The van der Waals surface area contributed by atoms with Crippen LogP contribution in [-0.4, -0.2) is 23.8 Å². The molecule has 188 valence electrons. The lowest BCUT2D eigenvalue weighted by Gasteiger charge is -2.33. The van der Waals surface area contributed by atoms with Crippen molar-refractivity contribution in [2.24, 2.45) is 0 Å². The molecule has 36 heavy (non-hydrogen) atoms. The molecule has 4 rings (SSSR count). The van der Waals surface area contributed by atoms with Crippen LogP contribution < -0.4 is 15.5 Å². The van der Waals surface area contributed by atoms with Gasteiger partial charge in [-0.2, -0.15) is 0 Å². The third-order valence-electron chi connectivity index (χ3n) is 6.28. The molecule has 0 aliphatic heterocycles. The summed E-state index contributed by atoms with van der Waals surface area (Å²) in [5, 5.41) is 7.78. The Morgan fingerprint density at radius 1 is 1.00 bits per heavy atom. The van der Waals surface area contributed by atoms with Crippen molar-refractivity contribution in [1.29, 1.82) is 0 Å². The van der Waals surface area contributed by atoms with Crippen LogP contribution >= 0.6 is 11.3 Å². The van der Waals surface area contributed by atoms with Crippen LogP contribution in [0.1, 0.15) is 55.5 Å². The van der Waals surface area contributed by atoms with Gasteiger partial charge in [-0.3, -0.25) is 19.3 Å². The number of hydrogen-bond acceptors (Lipinski definition) is 4. The molecule has 1 aliphatic rings. The number of nitrogens with zero attached hydrogens (tertiary/aromatic N) is 1. The quantitative estimate of drug-likeness (QED) is 0.416. The molecular weight excluding hydrogens is 477 g/mol. The molecule has 0 saturated heterocycles. The van der Waals surface area contributed by atoms with Gasteiger partial charge in [0.2, 0.25) is 17.7 Å². The summed E-state index contributed by atoms with van der Waals surface area (Å²) in [5.41, 5.74) is 1.62. The lowest BCUT2D eigenvalue weighted by Crippen LogP contribution is -2.47. The van der Waals surface area contributed by atoms with Crippen LogP contribution in [0.5, 0.6) is 0 Å². The Labute approximate surface area is 214 Å². The monoisotopic (exact) mass is 507 g/mol. The Morgan fingerprint density at radius 3 is 2.31 bits per heavy atom. The van der Waals surface area contributed by atoms with Crippen LogP contribution in [0.15, 0.2) is 66.0 Å².